The van der Waals surface area contributed by atoms with Crippen molar-refractivity contribution < 1.29 is 0 Å². The van der Waals surface area contributed by atoms with E-state index in [0.717, 1.165) is 12.8 Å². The summed E-state index contributed by atoms with van der Waals surface area (Å²) in [6.45, 7) is 6.91. The number of unbranched alkanes of at least 4 members (excludes halogenated alkanes) is 4. The predicted octanol–water partition coefficient (Wildman–Crippen LogP) is 4.68. The van der Waals surface area contributed by atoms with E-state index in [2.05, 4.69) is 26.8 Å². The quantitative estimate of drug-likeness (QED) is 0.516. The molecule has 0 aromatic carbocycles. The Hall–Kier alpha value is -0.510. The first-order valence-corrected chi connectivity index (χ1v) is 5.99. The summed E-state index contributed by atoms with van der Waals surface area (Å²) in [6, 6.07) is 2.22. The Kier molecular flexibility index (Phi) is 7.57. The highest BCUT2D eigenvalue weighted by Gasteiger charge is 2.16. The molecule has 0 aromatic rings. The molecular formula is C13H25N. The van der Waals surface area contributed by atoms with Crippen molar-refractivity contribution in [3.8, 4) is 6.07 Å². The molecule has 0 bridgehead atoms. The largest absolute Gasteiger partial charge is 0.198 e. The zero-order valence-electron chi connectivity index (χ0n) is 10.1. The molecule has 0 radical (unpaired) electrons. The Balaban J connectivity index is 3.46. The highest BCUT2D eigenvalue weighted by atomic mass is 14.2. The Labute approximate surface area is 89.5 Å². The van der Waals surface area contributed by atoms with Crippen LogP contribution < -0.4 is 0 Å². The lowest BCUT2D eigenvalue weighted by atomic mass is 9.82. The van der Waals surface area contributed by atoms with Crippen molar-refractivity contribution in [2.24, 2.45) is 5.41 Å². The molecule has 0 aliphatic heterocycles. The van der Waals surface area contributed by atoms with Gasteiger partial charge in [0.05, 0.1) is 6.07 Å². The third-order valence-electron chi connectivity index (χ3n) is 2.85. The van der Waals surface area contributed by atoms with Crippen LogP contribution in [0.5, 0.6) is 0 Å². The van der Waals surface area contributed by atoms with Gasteiger partial charge >= 0.3 is 0 Å². The van der Waals surface area contributed by atoms with Gasteiger partial charge in [-0.15, -0.1) is 0 Å². The van der Waals surface area contributed by atoms with Crippen LogP contribution in [0.4, 0.5) is 0 Å². The van der Waals surface area contributed by atoms with Gasteiger partial charge in [0.15, 0.2) is 0 Å². The lowest BCUT2D eigenvalue weighted by molar-refractivity contribution is 0.288. The van der Waals surface area contributed by atoms with Crippen molar-refractivity contribution in [3.05, 3.63) is 0 Å². The lowest BCUT2D eigenvalue weighted by Gasteiger charge is -2.24. The Morgan fingerprint density at radius 2 is 1.64 bits per heavy atom. The van der Waals surface area contributed by atoms with Gasteiger partial charge in [0.2, 0.25) is 0 Å². The van der Waals surface area contributed by atoms with Gasteiger partial charge in [-0.2, -0.15) is 5.26 Å². The van der Waals surface area contributed by atoms with Crippen molar-refractivity contribution >= 4 is 0 Å². The molecule has 0 aromatic heterocycles. The second-order valence-electron chi connectivity index (χ2n) is 4.99. The average Bonchev–Trinajstić information content (AvgIpc) is 2.13. The normalized spacial score (nSPS) is 11.3. The number of nitrogens with zero attached hydrogens (tertiary/aromatic N) is 1. The van der Waals surface area contributed by atoms with Gasteiger partial charge in [-0.3, -0.25) is 0 Å². The van der Waals surface area contributed by atoms with Gasteiger partial charge < -0.3 is 0 Å². The maximum Gasteiger partial charge on any atom is 0.0621 e. The first kappa shape index (κ1) is 13.5. The highest BCUT2D eigenvalue weighted by molar-refractivity contribution is 4.74. The monoisotopic (exact) mass is 195 g/mol. The first-order valence-electron chi connectivity index (χ1n) is 5.99. The van der Waals surface area contributed by atoms with Crippen molar-refractivity contribution in [1.82, 2.24) is 0 Å². The van der Waals surface area contributed by atoms with Crippen LogP contribution in [0.2, 0.25) is 0 Å². The minimum absolute atomic E-state index is 0.449. The van der Waals surface area contributed by atoms with Crippen molar-refractivity contribution in [3.63, 3.8) is 0 Å². The summed E-state index contributed by atoms with van der Waals surface area (Å²) in [6.07, 6.45) is 9.72. The van der Waals surface area contributed by atoms with E-state index in [-0.39, 0.29) is 0 Å². The van der Waals surface area contributed by atoms with Crippen LogP contribution in [0.3, 0.4) is 0 Å². The molecule has 1 nitrogen and oxygen atoms in total. The average molecular weight is 195 g/mol. The van der Waals surface area contributed by atoms with Crippen molar-refractivity contribution in [1.29, 1.82) is 5.26 Å². The SMILES string of the molecule is CCCCCCC(C)(C)CCCC#N. The topological polar surface area (TPSA) is 23.8 Å². The van der Waals surface area contributed by atoms with E-state index in [4.69, 9.17) is 5.26 Å². The van der Waals surface area contributed by atoms with Crippen LogP contribution in [0.15, 0.2) is 0 Å². The summed E-state index contributed by atoms with van der Waals surface area (Å²) in [7, 11) is 0. The lowest BCUT2D eigenvalue weighted by Crippen LogP contribution is -2.10. The maximum absolute atomic E-state index is 8.46. The standard InChI is InChI=1S/C13H25N/c1-4-5-6-7-10-13(2,3)11-8-9-12-14/h4-11H2,1-3H3. The second-order valence-corrected chi connectivity index (χ2v) is 4.99. The summed E-state index contributed by atoms with van der Waals surface area (Å²) in [5, 5.41) is 8.46. The van der Waals surface area contributed by atoms with Crippen LogP contribution in [0, 0.1) is 16.7 Å². The molecular weight excluding hydrogens is 170 g/mol. The molecule has 0 saturated carbocycles. The summed E-state index contributed by atoms with van der Waals surface area (Å²) in [5.41, 5.74) is 0.449. The van der Waals surface area contributed by atoms with E-state index in [1.54, 1.807) is 0 Å². The molecule has 0 saturated heterocycles. The number of rotatable bonds is 8. The Bertz CT molecular complexity index is 165. The van der Waals surface area contributed by atoms with E-state index in [1.165, 1.54) is 38.5 Å². The summed E-state index contributed by atoms with van der Waals surface area (Å²) >= 11 is 0. The Morgan fingerprint density at radius 1 is 1.00 bits per heavy atom. The van der Waals surface area contributed by atoms with Gasteiger partial charge in [0, 0.05) is 6.42 Å². The van der Waals surface area contributed by atoms with Gasteiger partial charge in [0.1, 0.15) is 0 Å². The molecule has 14 heavy (non-hydrogen) atoms. The smallest absolute Gasteiger partial charge is 0.0621 e. The molecule has 0 rings (SSSR count). The molecule has 0 heterocycles. The zero-order valence-corrected chi connectivity index (χ0v) is 10.1. The minimum Gasteiger partial charge on any atom is -0.198 e. The third-order valence-corrected chi connectivity index (χ3v) is 2.85. The molecule has 0 spiro atoms. The van der Waals surface area contributed by atoms with Gasteiger partial charge in [-0.1, -0.05) is 46.5 Å². The van der Waals surface area contributed by atoms with Crippen LogP contribution in [0.25, 0.3) is 0 Å². The second kappa shape index (κ2) is 7.85. The molecule has 0 aliphatic rings. The summed E-state index contributed by atoms with van der Waals surface area (Å²) < 4.78 is 0. The fourth-order valence-electron chi connectivity index (χ4n) is 1.80. The predicted molar refractivity (Wildman–Crippen MR) is 62.0 cm³/mol. The highest BCUT2D eigenvalue weighted by Crippen LogP contribution is 2.29. The van der Waals surface area contributed by atoms with E-state index in [9.17, 15) is 0 Å². The number of nitriles is 1. The van der Waals surface area contributed by atoms with Gasteiger partial charge in [0.25, 0.3) is 0 Å². The molecule has 0 amide bonds. The van der Waals surface area contributed by atoms with Crippen LogP contribution in [0.1, 0.15) is 72.1 Å². The van der Waals surface area contributed by atoms with E-state index >= 15 is 0 Å². The van der Waals surface area contributed by atoms with E-state index < -0.39 is 0 Å². The van der Waals surface area contributed by atoms with Crippen molar-refractivity contribution in [2.75, 3.05) is 0 Å². The molecule has 0 fully saturated rings. The van der Waals surface area contributed by atoms with E-state index in [0.29, 0.717) is 5.41 Å². The molecule has 0 aliphatic carbocycles. The molecule has 82 valence electrons. The van der Waals surface area contributed by atoms with Gasteiger partial charge in [-0.25, -0.2) is 0 Å². The number of hydrogen-bond acceptors (Lipinski definition) is 1. The van der Waals surface area contributed by atoms with Gasteiger partial charge in [-0.05, 0) is 24.7 Å². The summed E-state index contributed by atoms with van der Waals surface area (Å²) in [5.74, 6) is 0. The summed E-state index contributed by atoms with van der Waals surface area (Å²) in [4.78, 5) is 0. The maximum atomic E-state index is 8.46. The van der Waals surface area contributed by atoms with Crippen LogP contribution in [-0.4, -0.2) is 0 Å². The molecule has 1 heteroatoms. The fraction of sp³-hybridized carbons (Fsp3) is 0.923. The van der Waals surface area contributed by atoms with Crippen LogP contribution >= 0.6 is 0 Å². The fourth-order valence-corrected chi connectivity index (χ4v) is 1.80. The van der Waals surface area contributed by atoms with E-state index in [1.807, 2.05) is 0 Å². The number of hydrogen-bond donors (Lipinski definition) is 0. The molecule has 0 N–H and O–H groups in total. The zero-order chi connectivity index (χ0) is 10.9. The third kappa shape index (κ3) is 8.10. The first-order chi connectivity index (χ1) is 6.62. The van der Waals surface area contributed by atoms with Crippen molar-refractivity contribution in [2.45, 2.75) is 72.1 Å². The minimum atomic E-state index is 0.449. The molecule has 0 unspecified atom stereocenters. The Morgan fingerprint density at radius 3 is 2.21 bits per heavy atom. The molecule has 0 atom stereocenters. The van der Waals surface area contributed by atoms with Crippen LogP contribution in [-0.2, 0) is 0 Å².